The van der Waals surface area contributed by atoms with Gasteiger partial charge >= 0.3 is 0 Å². The van der Waals surface area contributed by atoms with Crippen LogP contribution in [0.2, 0.25) is 5.02 Å². The summed E-state index contributed by atoms with van der Waals surface area (Å²) in [7, 11) is 0. The minimum Gasteiger partial charge on any atom is -0.322 e. The number of benzene rings is 2. The zero-order valence-corrected chi connectivity index (χ0v) is 13.9. The summed E-state index contributed by atoms with van der Waals surface area (Å²) in [5.41, 5.74) is 0.590. The molecule has 7 nitrogen and oxygen atoms in total. The lowest BCUT2D eigenvalue weighted by molar-refractivity contribution is -0.384. The number of carbonyl (C=O) groups is 2. The Labute approximate surface area is 148 Å². The van der Waals surface area contributed by atoms with Gasteiger partial charge in [0.1, 0.15) is 5.70 Å². The first-order valence-corrected chi connectivity index (χ1v) is 7.54. The Morgan fingerprint density at radius 3 is 2.52 bits per heavy atom. The van der Waals surface area contributed by atoms with E-state index in [4.69, 9.17) is 11.6 Å². The molecule has 0 fully saturated rings. The number of hydrogen-bond acceptors (Lipinski definition) is 4. The first kappa shape index (κ1) is 18.2. The van der Waals surface area contributed by atoms with Gasteiger partial charge in [0.25, 0.3) is 11.6 Å². The van der Waals surface area contributed by atoms with Gasteiger partial charge in [0.15, 0.2) is 0 Å². The highest BCUT2D eigenvalue weighted by Crippen LogP contribution is 2.21. The molecule has 25 heavy (non-hydrogen) atoms. The van der Waals surface area contributed by atoms with Crippen molar-refractivity contribution in [1.82, 2.24) is 5.32 Å². The summed E-state index contributed by atoms with van der Waals surface area (Å²) in [5.74, 6) is -1.05. The molecule has 0 aromatic heterocycles. The van der Waals surface area contributed by atoms with Crippen molar-refractivity contribution in [2.24, 2.45) is 0 Å². The molecule has 2 aromatic carbocycles. The van der Waals surface area contributed by atoms with Crippen molar-refractivity contribution >= 4 is 40.9 Å². The quantitative estimate of drug-likeness (QED) is 0.485. The molecule has 0 saturated carbocycles. The second-order valence-electron chi connectivity index (χ2n) is 5.03. The fourth-order valence-electron chi connectivity index (χ4n) is 2.00. The Hall–Kier alpha value is -3.19. The predicted molar refractivity (Wildman–Crippen MR) is 95.0 cm³/mol. The van der Waals surface area contributed by atoms with Gasteiger partial charge in [-0.1, -0.05) is 35.9 Å². The fourth-order valence-corrected chi connectivity index (χ4v) is 2.18. The maximum absolute atomic E-state index is 12.4. The number of amides is 2. The summed E-state index contributed by atoms with van der Waals surface area (Å²) >= 11 is 6.00. The molecule has 0 bridgehead atoms. The molecule has 128 valence electrons. The smallest absolute Gasteiger partial charge is 0.272 e. The van der Waals surface area contributed by atoms with E-state index in [9.17, 15) is 19.7 Å². The second-order valence-corrected chi connectivity index (χ2v) is 5.43. The number of nitro benzene ring substituents is 1. The minimum atomic E-state index is -0.602. The van der Waals surface area contributed by atoms with E-state index in [1.165, 1.54) is 31.2 Å². The zero-order chi connectivity index (χ0) is 18.4. The molecular weight excluding hydrogens is 346 g/mol. The van der Waals surface area contributed by atoms with Gasteiger partial charge in [-0.2, -0.15) is 0 Å². The highest BCUT2D eigenvalue weighted by Gasteiger charge is 2.14. The highest BCUT2D eigenvalue weighted by molar-refractivity contribution is 6.34. The van der Waals surface area contributed by atoms with Crippen molar-refractivity contribution in [1.29, 1.82) is 0 Å². The van der Waals surface area contributed by atoms with E-state index in [0.717, 1.165) is 0 Å². The lowest BCUT2D eigenvalue weighted by Crippen LogP contribution is -2.29. The van der Waals surface area contributed by atoms with Gasteiger partial charge in [-0.05, 0) is 23.8 Å². The number of nitro groups is 1. The maximum Gasteiger partial charge on any atom is 0.272 e. The van der Waals surface area contributed by atoms with E-state index >= 15 is 0 Å². The Morgan fingerprint density at radius 2 is 1.88 bits per heavy atom. The fraction of sp³-hybridized carbons (Fsp3) is 0.0588. The number of non-ortho nitro benzene ring substituents is 1. The van der Waals surface area contributed by atoms with Crippen molar-refractivity contribution in [2.45, 2.75) is 6.92 Å². The lowest BCUT2D eigenvalue weighted by atomic mass is 10.1. The molecule has 0 aliphatic carbocycles. The van der Waals surface area contributed by atoms with Crippen LogP contribution in [-0.4, -0.2) is 16.7 Å². The van der Waals surface area contributed by atoms with Crippen LogP contribution in [0, 0.1) is 10.1 Å². The number of rotatable bonds is 5. The number of hydrogen-bond donors (Lipinski definition) is 2. The Balaban J connectivity index is 2.33. The maximum atomic E-state index is 12.4. The molecule has 2 aromatic rings. The summed E-state index contributed by atoms with van der Waals surface area (Å²) in [6.45, 7) is 1.25. The largest absolute Gasteiger partial charge is 0.322 e. The van der Waals surface area contributed by atoms with Crippen LogP contribution < -0.4 is 10.6 Å². The lowest BCUT2D eigenvalue weighted by Gasteiger charge is -2.10. The van der Waals surface area contributed by atoms with E-state index in [2.05, 4.69) is 10.6 Å². The summed E-state index contributed by atoms with van der Waals surface area (Å²) < 4.78 is 0. The number of para-hydroxylation sites is 1. The minimum absolute atomic E-state index is 0.0621. The second kappa shape index (κ2) is 8.07. The molecule has 0 heterocycles. The normalized spacial score (nSPS) is 10.9. The van der Waals surface area contributed by atoms with Gasteiger partial charge in [0.2, 0.25) is 5.91 Å². The molecule has 8 heteroatoms. The van der Waals surface area contributed by atoms with E-state index < -0.39 is 16.7 Å². The summed E-state index contributed by atoms with van der Waals surface area (Å²) in [4.78, 5) is 34.1. The Kier molecular flexibility index (Phi) is 5.86. The van der Waals surface area contributed by atoms with Crippen molar-refractivity contribution in [3.05, 3.63) is 74.9 Å². The molecular formula is C17H14ClN3O4. The Morgan fingerprint density at radius 1 is 1.16 bits per heavy atom. The highest BCUT2D eigenvalue weighted by atomic mass is 35.5. The third-order valence-corrected chi connectivity index (χ3v) is 3.40. The predicted octanol–water partition coefficient (Wildman–Crippen LogP) is 3.36. The molecule has 0 spiro atoms. The number of anilines is 1. The summed E-state index contributed by atoms with van der Waals surface area (Å²) in [6, 6.07) is 12.3. The molecule has 0 atom stereocenters. The van der Waals surface area contributed by atoms with Gasteiger partial charge in [0, 0.05) is 19.1 Å². The van der Waals surface area contributed by atoms with Crippen LogP contribution in [0.5, 0.6) is 0 Å². The SMILES string of the molecule is CC(=O)NC(=Cc1cccc([N+](=O)[O-])c1)C(=O)Nc1ccccc1Cl. The van der Waals surface area contributed by atoms with Crippen LogP contribution in [0.25, 0.3) is 6.08 Å². The first-order chi connectivity index (χ1) is 11.9. The molecule has 0 unspecified atom stereocenters. The van der Waals surface area contributed by atoms with Crippen molar-refractivity contribution in [3.63, 3.8) is 0 Å². The van der Waals surface area contributed by atoms with Crippen LogP contribution in [0.3, 0.4) is 0 Å². The van der Waals surface area contributed by atoms with E-state index in [1.54, 1.807) is 30.3 Å². The third-order valence-electron chi connectivity index (χ3n) is 3.07. The van der Waals surface area contributed by atoms with Crippen LogP contribution in [0.1, 0.15) is 12.5 Å². The monoisotopic (exact) mass is 359 g/mol. The van der Waals surface area contributed by atoms with Crippen LogP contribution in [-0.2, 0) is 9.59 Å². The number of halogens is 1. The third kappa shape index (κ3) is 5.15. The van der Waals surface area contributed by atoms with Gasteiger partial charge in [-0.25, -0.2) is 0 Å². The molecule has 0 aliphatic rings. The van der Waals surface area contributed by atoms with Gasteiger partial charge in [-0.3, -0.25) is 19.7 Å². The Bertz CT molecular complexity index is 864. The number of carbonyl (C=O) groups excluding carboxylic acids is 2. The van der Waals surface area contributed by atoms with Crippen LogP contribution in [0.15, 0.2) is 54.2 Å². The molecule has 0 radical (unpaired) electrons. The van der Waals surface area contributed by atoms with Crippen molar-refractivity contribution in [3.8, 4) is 0 Å². The van der Waals surface area contributed by atoms with E-state index in [1.807, 2.05) is 0 Å². The summed E-state index contributed by atoms with van der Waals surface area (Å²) in [5, 5.41) is 16.2. The van der Waals surface area contributed by atoms with E-state index in [0.29, 0.717) is 16.3 Å². The average molecular weight is 360 g/mol. The zero-order valence-electron chi connectivity index (χ0n) is 13.2. The van der Waals surface area contributed by atoms with Crippen LogP contribution >= 0.6 is 11.6 Å². The molecule has 2 rings (SSSR count). The number of nitrogens with zero attached hydrogens (tertiary/aromatic N) is 1. The van der Waals surface area contributed by atoms with Gasteiger partial charge < -0.3 is 10.6 Å². The standard InChI is InChI=1S/C17H14ClN3O4/c1-11(22)19-16(10-12-5-4-6-13(9-12)21(24)25)17(23)20-15-8-3-2-7-14(15)18/h2-10H,1H3,(H,19,22)(H,20,23). The molecule has 0 saturated heterocycles. The molecule has 0 aliphatic heterocycles. The summed E-state index contributed by atoms with van der Waals surface area (Å²) in [6.07, 6.45) is 1.35. The van der Waals surface area contributed by atoms with E-state index in [-0.39, 0.29) is 11.4 Å². The average Bonchev–Trinajstić information content (AvgIpc) is 2.56. The van der Waals surface area contributed by atoms with Crippen molar-refractivity contribution < 1.29 is 14.5 Å². The molecule has 2 N–H and O–H groups in total. The van der Waals surface area contributed by atoms with Crippen molar-refractivity contribution in [2.75, 3.05) is 5.32 Å². The molecule has 2 amide bonds. The van der Waals surface area contributed by atoms with Crippen LogP contribution in [0.4, 0.5) is 11.4 Å². The number of nitrogens with one attached hydrogen (secondary N) is 2. The van der Waals surface area contributed by atoms with Gasteiger partial charge in [-0.15, -0.1) is 0 Å². The van der Waals surface area contributed by atoms with Gasteiger partial charge in [0.05, 0.1) is 15.6 Å². The first-order valence-electron chi connectivity index (χ1n) is 7.16. The topological polar surface area (TPSA) is 101 Å².